The van der Waals surface area contributed by atoms with E-state index in [-0.39, 0.29) is 11.9 Å². The Morgan fingerprint density at radius 3 is 2.78 bits per heavy atom. The van der Waals surface area contributed by atoms with E-state index in [1.807, 2.05) is 31.2 Å². The van der Waals surface area contributed by atoms with Crippen LogP contribution < -0.4 is 5.32 Å². The Bertz CT molecular complexity index is 798. The standard InChI is InChI=1S/C19H17Cl2NO/c1-3-12-8-15(21)10-17(11(12)2)19(23)22-18-7-4-13-9-14(20)5-6-16(13)18/h3,5-6,8-10,18H,1,4,7H2,2H3,(H,22,23)/t18-/m1/s1. The molecule has 0 fully saturated rings. The summed E-state index contributed by atoms with van der Waals surface area (Å²) in [5.74, 6) is -0.110. The summed E-state index contributed by atoms with van der Waals surface area (Å²) in [7, 11) is 0. The summed E-state index contributed by atoms with van der Waals surface area (Å²) in [5.41, 5.74) is 4.70. The zero-order valence-electron chi connectivity index (χ0n) is 12.8. The molecule has 2 nitrogen and oxygen atoms in total. The number of carbonyl (C=O) groups is 1. The summed E-state index contributed by atoms with van der Waals surface area (Å²) < 4.78 is 0. The second kappa shape index (κ2) is 6.38. The Balaban J connectivity index is 1.87. The van der Waals surface area contributed by atoms with Gasteiger partial charge in [-0.2, -0.15) is 0 Å². The number of hydrogen-bond donors (Lipinski definition) is 1. The van der Waals surface area contributed by atoms with E-state index in [9.17, 15) is 4.79 Å². The topological polar surface area (TPSA) is 29.1 Å². The summed E-state index contributed by atoms with van der Waals surface area (Å²) in [6.07, 6.45) is 3.52. The minimum atomic E-state index is -0.110. The minimum Gasteiger partial charge on any atom is -0.345 e. The van der Waals surface area contributed by atoms with Crippen molar-refractivity contribution in [2.24, 2.45) is 0 Å². The molecule has 0 bridgehead atoms. The van der Waals surface area contributed by atoms with E-state index >= 15 is 0 Å². The summed E-state index contributed by atoms with van der Waals surface area (Å²) in [6, 6.07) is 9.37. The summed E-state index contributed by atoms with van der Waals surface area (Å²) in [5, 5.41) is 4.38. The molecule has 0 unspecified atom stereocenters. The Kier molecular flexibility index (Phi) is 4.47. The zero-order valence-corrected chi connectivity index (χ0v) is 14.3. The SMILES string of the molecule is C=Cc1cc(Cl)cc(C(=O)N[C@@H]2CCc3cc(Cl)ccc32)c1C. The van der Waals surface area contributed by atoms with Crippen LogP contribution in [0.2, 0.25) is 10.0 Å². The lowest BCUT2D eigenvalue weighted by Gasteiger charge is -2.16. The third-order valence-corrected chi connectivity index (χ3v) is 4.82. The van der Waals surface area contributed by atoms with Crippen molar-refractivity contribution in [2.45, 2.75) is 25.8 Å². The Labute approximate surface area is 146 Å². The zero-order chi connectivity index (χ0) is 16.6. The van der Waals surface area contributed by atoms with E-state index < -0.39 is 0 Å². The van der Waals surface area contributed by atoms with Gasteiger partial charge in [-0.25, -0.2) is 0 Å². The van der Waals surface area contributed by atoms with Crippen LogP contribution in [0.25, 0.3) is 6.08 Å². The van der Waals surface area contributed by atoms with Crippen LogP contribution in [-0.2, 0) is 6.42 Å². The van der Waals surface area contributed by atoms with Gasteiger partial charge in [-0.05, 0) is 66.3 Å². The largest absolute Gasteiger partial charge is 0.345 e. The molecule has 1 N–H and O–H groups in total. The smallest absolute Gasteiger partial charge is 0.252 e. The maximum absolute atomic E-state index is 12.7. The molecule has 1 aliphatic carbocycles. The monoisotopic (exact) mass is 345 g/mol. The number of benzene rings is 2. The molecule has 4 heteroatoms. The van der Waals surface area contributed by atoms with Gasteiger partial charge in [0.2, 0.25) is 0 Å². The predicted molar refractivity (Wildman–Crippen MR) is 96.3 cm³/mol. The highest BCUT2D eigenvalue weighted by Gasteiger charge is 2.25. The summed E-state index contributed by atoms with van der Waals surface area (Å²) in [6.45, 7) is 5.68. The van der Waals surface area contributed by atoms with Crippen molar-refractivity contribution >= 4 is 35.2 Å². The second-order valence-corrected chi connectivity index (χ2v) is 6.65. The number of hydrogen-bond acceptors (Lipinski definition) is 1. The Morgan fingerprint density at radius 1 is 1.26 bits per heavy atom. The summed E-state index contributed by atoms with van der Waals surface area (Å²) in [4.78, 5) is 12.7. The molecule has 0 spiro atoms. The average Bonchev–Trinajstić information content (AvgIpc) is 2.91. The first-order valence-electron chi connectivity index (χ1n) is 7.51. The molecule has 118 valence electrons. The van der Waals surface area contributed by atoms with Gasteiger partial charge in [-0.15, -0.1) is 0 Å². The van der Waals surface area contributed by atoms with E-state index in [4.69, 9.17) is 23.2 Å². The molecule has 0 aliphatic heterocycles. The van der Waals surface area contributed by atoms with Crippen LogP contribution >= 0.6 is 23.2 Å². The molecule has 0 saturated heterocycles. The van der Waals surface area contributed by atoms with E-state index in [1.54, 1.807) is 12.1 Å². The molecule has 0 heterocycles. The van der Waals surface area contributed by atoms with Crippen LogP contribution in [0.3, 0.4) is 0 Å². The molecule has 1 atom stereocenters. The molecule has 3 rings (SSSR count). The lowest BCUT2D eigenvalue weighted by atomic mass is 10.0. The van der Waals surface area contributed by atoms with Gasteiger partial charge in [0.25, 0.3) is 5.91 Å². The van der Waals surface area contributed by atoms with Gasteiger partial charge in [0.15, 0.2) is 0 Å². The fraction of sp³-hybridized carbons (Fsp3) is 0.211. The van der Waals surface area contributed by atoms with Gasteiger partial charge >= 0.3 is 0 Å². The number of amides is 1. The molecule has 2 aromatic rings. The summed E-state index contributed by atoms with van der Waals surface area (Å²) >= 11 is 12.2. The first kappa shape index (κ1) is 16.1. The van der Waals surface area contributed by atoms with Crippen molar-refractivity contribution in [1.82, 2.24) is 5.32 Å². The van der Waals surface area contributed by atoms with Gasteiger partial charge in [0.1, 0.15) is 0 Å². The number of carbonyl (C=O) groups excluding carboxylic acids is 1. The van der Waals surface area contributed by atoms with Gasteiger partial charge in [0, 0.05) is 15.6 Å². The number of rotatable bonds is 3. The van der Waals surface area contributed by atoms with Crippen molar-refractivity contribution in [1.29, 1.82) is 0 Å². The first-order valence-corrected chi connectivity index (χ1v) is 8.27. The lowest BCUT2D eigenvalue weighted by Crippen LogP contribution is -2.28. The van der Waals surface area contributed by atoms with Crippen molar-refractivity contribution < 1.29 is 4.79 Å². The Hall–Kier alpha value is -1.77. The average molecular weight is 346 g/mol. The first-order chi connectivity index (χ1) is 11.0. The number of aryl methyl sites for hydroxylation is 1. The molecule has 0 aromatic heterocycles. The fourth-order valence-corrected chi connectivity index (χ4v) is 3.54. The van der Waals surface area contributed by atoms with E-state index in [0.29, 0.717) is 10.6 Å². The molecule has 1 aliphatic rings. The molecule has 0 radical (unpaired) electrons. The van der Waals surface area contributed by atoms with Crippen LogP contribution in [0.5, 0.6) is 0 Å². The predicted octanol–water partition coefficient (Wildman–Crippen LogP) is 5.36. The maximum atomic E-state index is 12.7. The van der Waals surface area contributed by atoms with Gasteiger partial charge in [-0.1, -0.05) is 41.9 Å². The van der Waals surface area contributed by atoms with Crippen LogP contribution in [0, 0.1) is 6.92 Å². The molecule has 0 saturated carbocycles. The fourth-order valence-electron chi connectivity index (χ4n) is 3.12. The highest BCUT2D eigenvalue weighted by atomic mass is 35.5. The number of nitrogens with one attached hydrogen (secondary N) is 1. The quantitative estimate of drug-likeness (QED) is 0.796. The van der Waals surface area contributed by atoms with Gasteiger partial charge < -0.3 is 5.32 Å². The number of fused-ring (bicyclic) bond motifs is 1. The van der Waals surface area contributed by atoms with Crippen molar-refractivity contribution in [3.05, 3.63) is 74.8 Å². The lowest BCUT2D eigenvalue weighted by molar-refractivity contribution is 0.0936. The molecule has 2 aromatic carbocycles. The second-order valence-electron chi connectivity index (χ2n) is 5.78. The van der Waals surface area contributed by atoms with E-state index in [1.165, 1.54) is 5.56 Å². The van der Waals surface area contributed by atoms with Gasteiger partial charge in [0.05, 0.1) is 6.04 Å². The van der Waals surface area contributed by atoms with Crippen LogP contribution in [0.1, 0.15) is 45.1 Å². The van der Waals surface area contributed by atoms with Crippen molar-refractivity contribution in [2.75, 3.05) is 0 Å². The third-order valence-electron chi connectivity index (χ3n) is 4.37. The molecular formula is C19H17Cl2NO. The highest BCUT2D eigenvalue weighted by molar-refractivity contribution is 6.31. The van der Waals surface area contributed by atoms with Crippen molar-refractivity contribution in [3.63, 3.8) is 0 Å². The Morgan fingerprint density at radius 2 is 2.04 bits per heavy atom. The normalized spacial score (nSPS) is 16.0. The molecule has 23 heavy (non-hydrogen) atoms. The van der Waals surface area contributed by atoms with Gasteiger partial charge in [-0.3, -0.25) is 4.79 Å². The molecule has 1 amide bonds. The van der Waals surface area contributed by atoms with E-state index in [2.05, 4.69) is 11.9 Å². The maximum Gasteiger partial charge on any atom is 0.252 e. The van der Waals surface area contributed by atoms with E-state index in [0.717, 1.165) is 34.6 Å². The van der Waals surface area contributed by atoms with Crippen LogP contribution in [-0.4, -0.2) is 5.91 Å². The van der Waals surface area contributed by atoms with Crippen molar-refractivity contribution in [3.8, 4) is 0 Å². The molecular weight excluding hydrogens is 329 g/mol. The number of halogens is 2. The minimum absolute atomic E-state index is 0.0142. The van der Waals surface area contributed by atoms with Crippen LogP contribution in [0.15, 0.2) is 36.9 Å². The van der Waals surface area contributed by atoms with Crippen LogP contribution in [0.4, 0.5) is 0 Å². The third kappa shape index (κ3) is 3.15. The highest BCUT2D eigenvalue weighted by Crippen LogP contribution is 2.33.